The second-order valence-electron chi connectivity index (χ2n) is 12.1. The van der Waals surface area contributed by atoms with E-state index in [1.807, 2.05) is 22.7 Å². The molecule has 46 heavy (non-hydrogen) atoms. The molecule has 0 aliphatic carbocycles. The number of hydrogen-bond donors (Lipinski definition) is 0. The maximum atomic E-state index is 7.15. The summed E-state index contributed by atoms with van der Waals surface area (Å²) in [6.45, 7) is 4.25. The Labute approximate surface area is 275 Å². The summed E-state index contributed by atoms with van der Waals surface area (Å²) >= 11 is 3.76. The van der Waals surface area contributed by atoms with Gasteiger partial charge in [0, 0.05) is 63.2 Å². The Morgan fingerprint density at radius 2 is 1.43 bits per heavy atom. The first kappa shape index (κ1) is 26.2. The van der Waals surface area contributed by atoms with Gasteiger partial charge >= 0.3 is 6.71 Å². The topological polar surface area (TPSA) is 19.6 Å². The van der Waals surface area contributed by atoms with Gasteiger partial charge in [-0.3, -0.25) is 0 Å². The predicted molar refractivity (Wildman–Crippen MR) is 201 cm³/mol. The molecule has 0 unspecified atom stereocenters. The van der Waals surface area contributed by atoms with Gasteiger partial charge < -0.3 is 14.2 Å². The minimum atomic E-state index is -0.0264. The van der Waals surface area contributed by atoms with E-state index in [0.29, 0.717) is 0 Å². The molecule has 3 aromatic heterocycles. The number of allylic oxidation sites excluding steroid dienone is 4. The first-order valence-electron chi connectivity index (χ1n) is 15.7. The van der Waals surface area contributed by atoms with Crippen LogP contribution in [-0.4, -0.2) is 6.71 Å². The van der Waals surface area contributed by atoms with Crippen molar-refractivity contribution < 1.29 is 4.42 Å². The summed E-state index contributed by atoms with van der Waals surface area (Å²) in [6, 6.07) is 39.8. The van der Waals surface area contributed by atoms with Crippen LogP contribution in [0.4, 0.5) is 28.4 Å². The minimum Gasteiger partial charge on any atom is -0.468 e. The molecule has 2 aliphatic heterocycles. The van der Waals surface area contributed by atoms with Gasteiger partial charge in [0.15, 0.2) is 0 Å². The van der Waals surface area contributed by atoms with Crippen molar-refractivity contribution in [1.82, 2.24) is 0 Å². The number of benzene rings is 5. The molecule has 0 spiro atoms. The van der Waals surface area contributed by atoms with E-state index in [2.05, 4.69) is 151 Å². The highest BCUT2D eigenvalue weighted by molar-refractivity contribution is 7.33. The molecule has 0 saturated heterocycles. The van der Waals surface area contributed by atoms with Crippen LogP contribution in [0, 0.1) is 0 Å². The van der Waals surface area contributed by atoms with Crippen molar-refractivity contribution in [1.29, 1.82) is 0 Å². The van der Waals surface area contributed by atoms with E-state index in [4.69, 9.17) is 4.42 Å². The van der Waals surface area contributed by atoms with Crippen LogP contribution < -0.4 is 25.7 Å². The summed E-state index contributed by atoms with van der Waals surface area (Å²) in [5, 5.41) is 4.98. The van der Waals surface area contributed by atoms with Crippen molar-refractivity contribution in [3.63, 3.8) is 0 Å². The Morgan fingerprint density at radius 3 is 2.26 bits per heavy atom. The average molecular weight is 627 g/mol. The Bertz CT molecular complexity index is 2590. The second-order valence-corrected chi connectivity index (χ2v) is 14.2. The van der Waals surface area contributed by atoms with Gasteiger partial charge in [0.1, 0.15) is 11.2 Å². The number of hydrogen-bond acceptors (Lipinski definition) is 5. The van der Waals surface area contributed by atoms with Crippen molar-refractivity contribution in [2.45, 2.75) is 13.8 Å². The van der Waals surface area contributed by atoms with E-state index < -0.39 is 0 Å². The van der Waals surface area contributed by atoms with Crippen molar-refractivity contribution >= 4 is 115 Å². The van der Waals surface area contributed by atoms with E-state index in [0.717, 1.165) is 33.7 Å². The fourth-order valence-electron chi connectivity index (χ4n) is 7.59. The number of thiophene rings is 2. The zero-order chi connectivity index (χ0) is 30.5. The molecule has 0 fully saturated rings. The molecule has 0 atom stereocenters. The molecule has 0 saturated carbocycles. The van der Waals surface area contributed by atoms with Crippen LogP contribution in [0.5, 0.6) is 0 Å². The van der Waals surface area contributed by atoms with Crippen LogP contribution in [0.25, 0.3) is 41.2 Å². The van der Waals surface area contributed by atoms with Gasteiger partial charge in [0.25, 0.3) is 0 Å². The molecular formula is C40H27BN2OS2. The second kappa shape index (κ2) is 9.73. The van der Waals surface area contributed by atoms with Crippen LogP contribution >= 0.6 is 22.7 Å². The van der Waals surface area contributed by atoms with Gasteiger partial charge in [0.05, 0.1) is 11.4 Å². The van der Waals surface area contributed by atoms with E-state index in [1.165, 1.54) is 57.6 Å². The number of furan rings is 1. The van der Waals surface area contributed by atoms with Crippen molar-refractivity contribution in [2.75, 3.05) is 9.80 Å². The van der Waals surface area contributed by atoms with Gasteiger partial charge in [-0.2, -0.15) is 0 Å². The Kier molecular flexibility index (Phi) is 5.54. The lowest BCUT2D eigenvalue weighted by Gasteiger charge is -2.41. The lowest BCUT2D eigenvalue weighted by molar-refractivity contribution is 0.651. The predicted octanol–water partition coefficient (Wildman–Crippen LogP) is 10.2. The minimum absolute atomic E-state index is 0.0264. The van der Waals surface area contributed by atoms with Crippen molar-refractivity contribution in [3.05, 3.63) is 133 Å². The summed E-state index contributed by atoms with van der Waals surface area (Å²) < 4.78 is 12.4. The highest BCUT2D eigenvalue weighted by Crippen LogP contribution is 2.49. The molecule has 5 aromatic carbocycles. The van der Waals surface area contributed by atoms with E-state index in [1.54, 1.807) is 0 Å². The van der Waals surface area contributed by atoms with E-state index in [9.17, 15) is 0 Å². The van der Waals surface area contributed by atoms with E-state index >= 15 is 0 Å². The maximum absolute atomic E-state index is 7.15. The molecule has 0 amide bonds. The van der Waals surface area contributed by atoms with Gasteiger partial charge in [-0.05, 0) is 73.9 Å². The van der Waals surface area contributed by atoms with Crippen LogP contribution in [0.3, 0.4) is 0 Å². The molecule has 0 radical (unpaired) electrons. The normalized spacial score (nSPS) is 14.2. The fourth-order valence-corrected chi connectivity index (χ4v) is 10.0. The monoisotopic (exact) mass is 626 g/mol. The largest absolute Gasteiger partial charge is 0.468 e. The third-order valence-corrected chi connectivity index (χ3v) is 11.8. The first-order chi connectivity index (χ1) is 22.7. The summed E-state index contributed by atoms with van der Waals surface area (Å²) in [4.78, 5) is 4.92. The van der Waals surface area contributed by atoms with Crippen LogP contribution in [0.2, 0.25) is 0 Å². The number of fused-ring (bicyclic) bond motifs is 11. The Hall–Kier alpha value is -5.04. The standard InChI is InChI=1S/C40H27BN2OS2/c1-3-4-13-24(2)42-30-18-12-19-31-36(30)41(40-38(27-17-9-11-21-34(27)46-40)43(31)25-14-6-5-7-15-25)39-37(42)29-23-35-28(22-32(29)44-39)26-16-8-10-20-33(26)45-35/h3-23H,1-2H3/b4-3-,24-13+. The number of nitrogens with zero attached hydrogens (tertiary/aromatic N) is 2. The van der Waals surface area contributed by atoms with Crippen LogP contribution in [0.15, 0.2) is 138 Å². The number of anilines is 5. The van der Waals surface area contributed by atoms with Gasteiger partial charge in [0.2, 0.25) is 0 Å². The summed E-state index contributed by atoms with van der Waals surface area (Å²) in [5.41, 5.74) is 10.4. The SMILES string of the molecule is C/C=C\C=C(/C)N1c2cccc3c2B(c2oc4cc5c(cc4c21)sc1ccccc15)c1sc2ccccc2c1N3c1ccccc1. The molecule has 218 valence electrons. The van der Waals surface area contributed by atoms with Gasteiger partial charge in [-0.1, -0.05) is 72.8 Å². The average Bonchev–Trinajstić information content (AvgIpc) is 3.77. The molecule has 2 aliphatic rings. The molecule has 3 nitrogen and oxygen atoms in total. The smallest absolute Gasteiger partial charge is 0.309 e. The number of para-hydroxylation sites is 1. The Morgan fingerprint density at radius 1 is 0.696 bits per heavy atom. The lowest BCUT2D eigenvalue weighted by atomic mass is 9.38. The molecule has 10 rings (SSSR count). The number of rotatable bonds is 3. The third kappa shape index (κ3) is 3.48. The fraction of sp³-hybridized carbons (Fsp3) is 0.0500. The lowest BCUT2D eigenvalue weighted by Crippen LogP contribution is -2.60. The first-order valence-corrected chi connectivity index (χ1v) is 17.3. The Balaban J connectivity index is 1.34. The van der Waals surface area contributed by atoms with Crippen molar-refractivity contribution in [3.8, 4) is 0 Å². The maximum Gasteiger partial charge on any atom is 0.309 e. The van der Waals surface area contributed by atoms with Gasteiger partial charge in [-0.15, -0.1) is 22.7 Å². The van der Waals surface area contributed by atoms with Crippen molar-refractivity contribution in [2.24, 2.45) is 0 Å². The zero-order valence-electron chi connectivity index (χ0n) is 25.3. The summed E-state index contributed by atoms with van der Waals surface area (Å²) in [7, 11) is 0. The van der Waals surface area contributed by atoms with Crippen LogP contribution in [-0.2, 0) is 0 Å². The molecule has 8 aromatic rings. The molecular weight excluding hydrogens is 599 g/mol. The summed E-state index contributed by atoms with van der Waals surface area (Å²) in [5.74, 6) is 0. The van der Waals surface area contributed by atoms with Crippen LogP contribution in [0.1, 0.15) is 13.8 Å². The van der Waals surface area contributed by atoms with Gasteiger partial charge in [-0.25, -0.2) is 0 Å². The zero-order valence-corrected chi connectivity index (χ0v) is 27.0. The highest BCUT2D eigenvalue weighted by Gasteiger charge is 2.48. The molecule has 0 bridgehead atoms. The third-order valence-electron chi connectivity index (χ3n) is 9.48. The highest BCUT2D eigenvalue weighted by atomic mass is 32.1. The molecule has 0 N–H and O–H groups in total. The quantitative estimate of drug-likeness (QED) is 0.144. The molecule has 5 heterocycles. The van der Waals surface area contributed by atoms with E-state index in [-0.39, 0.29) is 6.71 Å². The molecule has 6 heteroatoms. The summed E-state index contributed by atoms with van der Waals surface area (Å²) in [6.07, 6.45) is 6.43.